The molecule has 1 aromatic rings. The second-order valence-corrected chi connectivity index (χ2v) is 7.83. The van der Waals surface area contributed by atoms with Gasteiger partial charge in [-0.05, 0) is 38.5 Å². The molecule has 0 fully saturated rings. The van der Waals surface area contributed by atoms with Crippen molar-refractivity contribution >= 4 is 35.8 Å². The Morgan fingerprint density at radius 2 is 1.77 bits per heavy atom. The van der Waals surface area contributed by atoms with Gasteiger partial charge >= 0.3 is 0 Å². The van der Waals surface area contributed by atoms with E-state index in [1.807, 2.05) is 49.8 Å². The van der Waals surface area contributed by atoms with Crippen LogP contribution in [0.15, 0.2) is 23.2 Å². The van der Waals surface area contributed by atoms with Crippen LogP contribution in [0.3, 0.4) is 0 Å². The molecule has 0 aliphatic carbocycles. The summed E-state index contributed by atoms with van der Waals surface area (Å²) in [6.45, 7) is 14.6. The quantitative estimate of drug-likeness (QED) is 0.317. The first-order chi connectivity index (χ1) is 13.8. The average molecular weight is 532 g/mol. The minimum atomic E-state index is -0.194. The molecule has 0 atom stereocenters. The second kappa shape index (κ2) is 12.2. The summed E-state index contributed by atoms with van der Waals surface area (Å²) in [5.74, 6) is 2.43. The first-order valence-electron chi connectivity index (χ1n) is 10.5. The zero-order valence-electron chi connectivity index (χ0n) is 19.2. The molecule has 1 heterocycles. The van der Waals surface area contributed by atoms with Crippen molar-refractivity contribution in [2.75, 3.05) is 53.0 Å². The lowest BCUT2D eigenvalue weighted by Crippen LogP contribution is -2.46. The van der Waals surface area contributed by atoms with Crippen molar-refractivity contribution in [3.05, 3.63) is 23.8 Å². The van der Waals surface area contributed by atoms with Crippen LogP contribution in [0.1, 0.15) is 40.2 Å². The van der Waals surface area contributed by atoms with Gasteiger partial charge in [-0.25, -0.2) is 0 Å². The Morgan fingerprint density at radius 1 is 1.13 bits per heavy atom. The molecule has 1 aromatic carbocycles. The molecular weight excluding hydrogens is 495 g/mol. The summed E-state index contributed by atoms with van der Waals surface area (Å²) in [5.41, 5.74) is 0.948. The van der Waals surface area contributed by atoms with Gasteiger partial charge in [-0.1, -0.05) is 19.9 Å². The summed E-state index contributed by atoms with van der Waals surface area (Å²) >= 11 is 0. The number of carbonyl (C=O) groups is 1. The monoisotopic (exact) mass is 532 g/mol. The molecule has 30 heavy (non-hydrogen) atoms. The van der Waals surface area contributed by atoms with Gasteiger partial charge in [0.05, 0.1) is 13.1 Å². The Bertz CT molecular complexity index is 720. The molecule has 1 aliphatic heterocycles. The standard InChI is InChI=1S/C22H36N4O3.HI/c1-7-23-21(25(6)15-20(27)26(8-2)9-3)24-16-22(4,5)17-10-11-18-19(14-17)29-13-12-28-18;/h10-11,14H,7-9,12-13,15-16H2,1-6H3,(H,23,24);1H. The highest BCUT2D eigenvalue weighted by atomic mass is 127. The normalized spacial score (nSPS) is 13.3. The first kappa shape index (κ1) is 26.3. The van der Waals surface area contributed by atoms with Crippen LogP contribution in [0, 0.1) is 0 Å². The number of benzene rings is 1. The zero-order valence-corrected chi connectivity index (χ0v) is 21.5. The number of nitrogens with one attached hydrogen (secondary N) is 1. The number of hydrogen-bond donors (Lipinski definition) is 1. The number of amides is 1. The maximum Gasteiger partial charge on any atom is 0.242 e. The maximum absolute atomic E-state index is 12.5. The fraction of sp³-hybridized carbons (Fsp3) is 0.636. The van der Waals surface area contributed by atoms with E-state index in [1.165, 1.54) is 0 Å². The number of carbonyl (C=O) groups excluding carboxylic acids is 1. The maximum atomic E-state index is 12.5. The minimum absolute atomic E-state index is 0. The van der Waals surface area contributed by atoms with Crippen LogP contribution in [0.25, 0.3) is 0 Å². The lowest BCUT2D eigenvalue weighted by Gasteiger charge is -2.28. The van der Waals surface area contributed by atoms with Crippen LogP contribution in [0.2, 0.25) is 0 Å². The van der Waals surface area contributed by atoms with Crippen LogP contribution in [0.4, 0.5) is 0 Å². The molecule has 0 radical (unpaired) electrons. The largest absolute Gasteiger partial charge is 0.486 e. The van der Waals surface area contributed by atoms with Gasteiger partial charge in [-0.3, -0.25) is 9.79 Å². The van der Waals surface area contributed by atoms with Crippen LogP contribution in [0.5, 0.6) is 11.5 Å². The lowest BCUT2D eigenvalue weighted by molar-refractivity contribution is -0.131. The molecule has 170 valence electrons. The molecule has 1 N–H and O–H groups in total. The molecular formula is C22H37IN4O3. The number of hydrogen-bond acceptors (Lipinski definition) is 4. The smallest absolute Gasteiger partial charge is 0.242 e. The van der Waals surface area contributed by atoms with Gasteiger partial charge in [-0.2, -0.15) is 0 Å². The Morgan fingerprint density at radius 3 is 2.37 bits per heavy atom. The lowest BCUT2D eigenvalue weighted by atomic mass is 9.84. The summed E-state index contributed by atoms with van der Waals surface area (Å²) in [6, 6.07) is 6.09. The van der Waals surface area contributed by atoms with E-state index in [9.17, 15) is 4.79 Å². The van der Waals surface area contributed by atoms with Gasteiger partial charge in [0.15, 0.2) is 17.5 Å². The molecule has 0 unspecified atom stereocenters. The fourth-order valence-corrected chi connectivity index (χ4v) is 3.25. The van der Waals surface area contributed by atoms with E-state index < -0.39 is 0 Å². The number of rotatable bonds is 8. The molecule has 0 bridgehead atoms. The number of nitrogens with zero attached hydrogens (tertiary/aromatic N) is 3. The fourth-order valence-electron chi connectivity index (χ4n) is 3.25. The number of aliphatic imine (C=N–C) groups is 1. The van der Waals surface area contributed by atoms with E-state index in [2.05, 4.69) is 25.2 Å². The summed E-state index contributed by atoms with van der Waals surface area (Å²) in [5, 5.41) is 3.30. The van der Waals surface area contributed by atoms with Gasteiger partial charge < -0.3 is 24.6 Å². The van der Waals surface area contributed by atoms with Gasteiger partial charge in [0.25, 0.3) is 0 Å². The molecule has 0 saturated carbocycles. The van der Waals surface area contributed by atoms with Gasteiger partial charge in [-0.15, -0.1) is 24.0 Å². The molecule has 0 spiro atoms. The third kappa shape index (κ3) is 6.92. The van der Waals surface area contributed by atoms with Crippen LogP contribution in [-0.4, -0.2) is 74.7 Å². The highest BCUT2D eigenvalue weighted by Gasteiger charge is 2.24. The zero-order chi connectivity index (χ0) is 21.4. The van der Waals surface area contributed by atoms with Crippen molar-refractivity contribution in [2.24, 2.45) is 4.99 Å². The Balaban J connectivity index is 0.00000450. The topological polar surface area (TPSA) is 66.4 Å². The minimum Gasteiger partial charge on any atom is -0.486 e. The predicted molar refractivity (Wildman–Crippen MR) is 132 cm³/mol. The predicted octanol–water partition coefficient (Wildman–Crippen LogP) is 3.12. The highest BCUT2D eigenvalue weighted by molar-refractivity contribution is 14.0. The summed E-state index contributed by atoms with van der Waals surface area (Å²) in [7, 11) is 1.90. The number of ether oxygens (including phenoxy) is 2. The Hall–Kier alpha value is -1.71. The Labute approximate surface area is 198 Å². The molecule has 0 aromatic heterocycles. The summed E-state index contributed by atoms with van der Waals surface area (Å²) in [4.78, 5) is 21.0. The van der Waals surface area contributed by atoms with Gasteiger partial charge in [0.1, 0.15) is 13.2 Å². The van der Waals surface area contributed by atoms with Gasteiger partial charge in [0, 0.05) is 32.1 Å². The van der Waals surface area contributed by atoms with Crippen molar-refractivity contribution < 1.29 is 14.3 Å². The van der Waals surface area contributed by atoms with E-state index in [1.54, 1.807) is 0 Å². The number of likely N-dealkylation sites (N-methyl/N-ethyl adjacent to an activating group) is 2. The van der Waals surface area contributed by atoms with E-state index >= 15 is 0 Å². The van der Waals surface area contributed by atoms with E-state index in [-0.39, 0.29) is 35.3 Å². The molecule has 1 amide bonds. The molecule has 2 rings (SSSR count). The van der Waals surface area contributed by atoms with E-state index in [4.69, 9.17) is 14.5 Å². The molecule has 1 aliphatic rings. The van der Waals surface area contributed by atoms with Crippen molar-refractivity contribution in [3.8, 4) is 11.5 Å². The van der Waals surface area contributed by atoms with Gasteiger partial charge in [0.2, 0.25) is 5.91 Å². The van der Waals surface area contributed by atoms with E-state index in [0.717, 1.165) is 29.6 Å². The first-order valence-corrected chi connectivity index (χ1v) is 10.5. The van der Waals surface area contributed by atoms with E-state index in [0.29, 0.717) is 39.4 Å². The molecule has 7 nitrogen and oxygen atoms in total. The average Bonchev–Trinajstić information content (AvgIpc) is 2.71. The third-order valence-corrected chi connectivity index (χ3v) is 5.13. The number of fused-ring (bicyclic) bond motifs is 1. The molecule has 8 heteroatoms. The van der Waals surface area contributed by atoms with Crippen molar-refractivity contribution in [1.82, 2.24) is 15.1 Å². The Kier molecular flexibility index (Phi) is 10.7. The van der Waals surface area contributed by atoms with Crippen molar-refractivity contribution in [3.63, 3.8) is 0 Å². The summed E-state index contributed by atoms with van der Waals surface area (Å²) < 4.78 is 11.3. The molecule has 0 saturated heterocycles. The second-order valence-electron chi connectivity index (χ2n) is 7.83. The number of halogens is 1. The van der Waals surface area contributed by atoms with Crippen molar-refractivity contribution in [1.29, 1.82) is 0 Å². The summed E-state index contributed by atoms with van der Waals surface area (Å²) in [6.07, 6.45) is 0. The van der Waals surface area contributed by atoms with Crippen molar-refractivity contribution in [2.45, 2.75) is 40.0 Å². The SMILES string of the molecule is CCNC(=NCC(C)(C)c1ccc2c(c1)OCCO2)N(C)CC(=O)N(CC)CC.I. The highest BCUT2D eigenvalue weighted by Crippen LogP contribution is 2.35. The van der Waals surface area contributed by atoms with Crippen LogP contribution in [-0.2, 0) is 10.2 Å². The number of guanidine groups is 1. The van der Waals surface area contributed by atoms with Crippen LogP contribution >= 0.6 is 24.0 Å². The van der Waals surface area contributed by atoms with Crippen LogP contribution < -0.4 is 14.8 Å². The third-order valence-electron chi connectivity index (χ3n) is 5.13.